The van der Waals surface area contributed by atoms with Crippen molar-refractivity contribution in [1.29, 1.82) is 0 Å². The van der Waals surface area contributed by atoms with Crippen LogP contribution in [-0.2, 0) is 13.1 Å². The molecule has 0 unspecified atom stereocenters. The Bertz CT molecular complexity index is 589. The number of rotatable bonds is 7. The molecule has 1 saturated carbocycles. The average molecular weight is 284 g/mol. The molecular formula is C17H20N2O2. The van der Waals surface area contributed by atoms with Gasteiger partial charge in [0.05, 0.1) is 12.8 Å². The minimum atomic E-state index is -0.0737. The van der Waals surface area contributed by atoms with E-state index in [9.17, 15) is 4.79 Å². The normalized spacial score (nSPS) is 14.1. The monoisotopic (exact) mass is 284 g/mol. The fourth-order valence-electron chi connectivity index (χ4n) is 2.25. The molecule has 1 amide bonds. The maximum atomic E-state index is 12.1. The second-order valence-electron chi connectivity index (χ2n) is 5.54. The summed E-state index contributed by atoms with van der Waals surface area (Å²) >= 11 is 0. The minimum Gasteiger partial charge on any atom is -0.467 e. The van der Waals surface area contributed by atoms with E-state index in [1.54, 1.807) is 6.26 Å². The van der Waals surface area contributed by atoms with E-state index in [4.69, 9.17) is 4.42 Å². The van der Waals surface area contributed by atoms with Crippen molar-refractivity contribution in [2.45, 2.75) is 25.9 Å². The number of hydrogen-bond acceptors (Lipinski definition) is 3. The molecule has 4 nitrogen and oxygen atoms in total. The van der Waals surface area contributed by atoms with Gasteiger partial charge in [-0.05, 0) is 55.1 Å². The van der Waals surface area contributed by atoms with Gasteiger partial charge in [-0.2, -0.15) is 0 Å². The molecule has 1 aromatic carbocycles. The highest BCUT2D eigenvalue weighted by Gasteiger charge is 2.20. The maximum absolute atomic E-state index is 12.1. The van der Waals surface area contributed by atoms with E-state index in [0.717, 1.165) is 30.3 Å². The number of nitrogens with one attached hydrogen (secondary N) is 2. The summed E-state index contributed by atoms with van der Waals surface area (Å²) < 4.78 is 5.20. The highest BCUT2D eigenvalue weighted by Crippen LogP contribution is 2.27. The number of amides is 1. The van der Waals surface area contributed by atoms with Gasteiger partial charge in [0.2, 0.25) is 0 Å². The summed E-state index contributed by atoms with van der Waals surface area (Å²) in [7, 11) is 0. The molecule has 0 atom stereocenters. The molecule has 0 aliphatic heterocycles. The van der Waals surface area contributed by atoms with Crippen LogP contribution < -0.4 is 10.6 Å². The first-order valence-electron chi connectivity index (χ1n) is 7.41. The molecule has 1 aliphatic rings. The summed E-state index contributed by atoms with van der Waals surface area (Å²) in [6, 6.07) is 11.4. The van der Waals surface area contributed by atoms with Gasteiger partial charge in [0.25, 0.3) is 5.91 Å². The zero-order chi connectivity index (χ0) is 14.5. The predicted molar refractivity (Wildman–Crippen MR) is 80.8 cm³/mol. The lowest BCUT2D eigenvalue weighted by atomic mass is 10.1. The third kappa shape index (κ3) is 4.20. The van der Waals surface area contributed by atoms with Gasteiger partial charge in [-0.15, -0.1) is 0 Å². The van der Waals surface area contributed by atoms with E-state index in [2.05, 4.69) is 10.6 Å². The maximum Gasteiger partial charge on any atom is 0.251 e. The summed E-state index contributed by atoms with van der Waals surface area (Å²) in [5.74, 6) is 1.55. The molecule has 110 valence electrons. The van der Waals surface area contributed by atoms with Crippen LogP contribution in [0.15, 0.2) is 47.1 Å². The first-order chi connectivity index (χ1) is 10.3. The first-order valence-corrected chi connectivity index (χ1v) is 7.41. The molecule has 3 rings (SSSR count). The fraction of sp³-hybridized carbons (Fsp3) is 0.353. The van der Waals surface area contributed by atoms with Crippen LogP contribution in [0.3, 0.4) is 0 Å². The smallest absolute Gasteiger partial charge is 0.251 e. The summed E-state index contributed by atoms with van der Waals surface area (Å²) in [5, 5.41) is 6.30. The molecule has 0 radical (unpaired) electrons. The van der Waals surface area contributed by atoms with E-state index in [1.807, 2.05) is 36.4 Å². The van der Waals surface area contributed by atoms with Crippen molar-refractivity contribution in [2.24, 2.45) is 5.92 Å². The second kappa shape index (κ2) is 6.59. The van der Waals surface area contributed by atoms with Crippen molar-refractivity contribution < 1.29 is 9.21 Å². The van der Waals surface area contributed by atoms with Crippen molar-refractivity contribution >= 4 is 5.91 Å². The highest BCUT2D eigenvalue weighted by atomic mass is 16.3. The van der Waals surface area contributed by atoms with E-state index < -0.39 is 0 Å². The number of hydrogen-bond donors (Lipinski definition) is 2. The van der Waals surface area contributed by atoms with Gasteiger partial charge in [0, 0.05) is 12.1 Å². The van der Waals surface area contributed by atoms with Crippen molar-refractivity contribution in [3.05, 3.63) is 59.5 Å². The van der Waals surface area contributed by atoms with Crippen LogP contribution in [0, 0.1) is 5.92 Å². The van der Waals surface area contributed by atoms with Gasteiger partial charge in [-0.25, -0.2) is 0 Å². The Morgan fingerprint density at radius 3 is 2.86 bits per heavy atom. The lowest BCUT2D eigenvalue weighted by molar-refractivity contribution is 0.0948. The third-order valence-electron chi connectivity index (χ3n) is 3.65. The Morgan fingerprint density at radius 1 is 1.19 bits per heavy atom. The molecule has 21 heavy (non-hydrogen) atoms. The molecule has 0 bridgehead atoms. The van der Waals surface area contributed by atoms with E-state index >= 15 is 0 Å². The Kier molecular flexibility index (Phi) is 4.36. The molecule has 1 aliphatic carbocycles. The summed E-state index contributed by atoms with van der Waals surface area (Å²) in [5.41, 5.74) is 1.83. The number of carbonyl (C=O) groups is 1. The van der Waals surface area contributed by atoms with Crippen molar-refractivity contribution in [1.82, 2.24) is 10.6 Å². The largest absolute Gasteiger partial charge is 0.467 e. The summed E-state index contributed by atoms with van der Waals surface area (Å²) in [6.07, 6.45) is 4.30. The van der Waals surface area contributed by atoms with Gasteiger partial charge in [-0.1, -0.05) is 12.1 Å². The van der Waals surface area contributed by atoms with Crippen molar-refractivity contribution in [3.8, 4) is 0 Å². The number of furan rings is 1. The zero-order valence-corrected chi connectivity index (χ0v) is 12.0. The topological polar surface area (TPSA) is 54.3 Å². The van der Waals surface area contributed by atoms with Gasteiger partial charge >= 0.3 is 0 Å². The van der Waals surface area contributed by atoms with Gasteiger partial charge in [-0.3, -0.25) is 4.79 Å². The van der Waals surface area contributed by atoms with Crippen molar-refractivity contribution in [2.75, 3.05) is 6.54 Å². The molecule has 4 heteroatoms. The predicted octanol–water partition coefficient (Wildman–Crippen LogP) is 2.71. The van der Waals surface area contributed by atoms with Gasteiger partial charge in [0.15, 0.2) is 0 Å². The Labute approximate surface area is 124 Å². The fourth-order valence-corrected chi connectivity index (χ4v) is 2.25. The first kappa shape index (κ1) is 13.9. The van der Waals surface area contributed by atoms with Crippen LogP contribution in [0.5, 0.6) is 0 Å². The molecule has 2 aromatic rings. The van der Waals surface area contributed by atoms with Crippen LogP contribution in [0.4, 0.5) is 0 Å². The highest BCUT2D eigenvalue weighted by molar-refractivity contribution is 5.94. The van der Waals surface area contributed by atoms with Gasteiger partial charge < -0.3 is 15.1 Å². The van der Waals surface area contributed by atoms with E-state index in [1.165, 1.54) is 12.8 Å². The summed E-state index contributed by atoms with van der Waals surface area (Å²) in [6.45, 7) is 2.31. The Morgan fingerprint density at radius 2 is 2.10 bits per heavy atom. The molecule has 1 aromatic heterocycles. The Hall–Kier alpha value is -2.07. The molecule has 1 fully saturated rings. The standard InChI is InChI=1S/C17H20N2O2/c20-17(19-12-16-5-2-8-21-16)15-4-1-3-14(9-15)11-18-10-13-6-7-13/h1-5,8-9,13,18H,6-7,10-12H2,(H,19,20). The van der Waals surface area contributed by atoms with Crippen LogP contribution >= 0.6 is 0 Å². The summed E-state index contributed by atoms with van der Waals surface area (Å²) in [4.78, 5) is 12.1. The molecular weight excluding hydrogens is 264 g/mol. The quantitative estimate of drug-likeness (QED) is 0.822. The lowest BCUT2D eigenvalue weighted by Gasteiger charge is -2.07. The number of benzene rings is 1. The second-order valence-corrected chi connectivity index (χ2v) is 5.54. The average Bonchev–Trinajstić information content (AvgIpc) is 3.18. The van der Waals surface area contributed by atoms with Crippen molar-refractivity contribution in [3.63, 3.8) is 0 Å². The van der Waals surface area contributed by atoms with Crippen LogP contribution in [-0.4, -0.2) is 12.5 Å². The van der Waals surface area contributed by atoms with Gasteiger partial charge in [0.1, 0.15) is 5.76 Å². The molecule has 0 saturated heterocycles. The van der Waals surface area contributed by atoms with E-state index in [0.29, 0.717) is 12.1 Å². The number of carbonyl (C=O) groups excluding carboxylic acids is 1. The minimum absolute atomic E-state index is 0.0737. The lowest BCUT2D eigenvalue weighted by Crippen LogP contribution is -2.23. The van der Waals surface area contributed by atoms with Crippen LogP contribution in [0.25, 0.3) is 0 Å². The molecule has 2 N–H and O–H groups in total. The zero-order valence-electron chi connectivity index (χ0n) is 12.0. The molecule has 1 heterocycles. The van der Waals surface area contributed by atoms with Crippen LogP contribution in [0.1, 0.15) is 34.5 Å². The van der Waals surface area contributed by atoms with Crippen LogP contribution in [0.2, 0.25) is 0 Å². The van der Waals surface area contributed by atoms with E-state index in [-0.39, 0.29) is 5.91 Å². The SMILES string of the molecule is O=C(NCc1ccco1)c1cccc(CNCC2CC2)c1. The third-order valence-corrected chi connectivity index (χ3v) is 3.65. The molecule has 0 spiro atoms. The Balaban J connectivity index is 1.52.